The van der Waals surface area contributed by atoms with E-state index in [0.29, 0.717) is 33.0 Å². The molecule has 0 aliphatic carbocycles. The summed E-state index contributed by atoms with van der Waals surface area (Å²) in [6.45, 7) is 1.92. The Morgan fingerprint density at radius 2 is 1.79 bits per heavy atom. The number of ether oxygens (including phenoxy) is 1. The van der Waals surface area contributed by atoms with Gasteiger partial charge in [0.1, 0.15) is 18.4 Å². The van der Waals surface area contributed by atoms with Crippen LogP contribution in [0.4, 0.5) is 5.69 Å². The van der Waals surface area contributed by atoms with E-state index in [-0.39, 0.29) is 12.5 Å². The highest BCUT2D eigenvalue weighted by Gasteiger charge is 2.22. The van der Waals surface area contributed by atoms with E-state index in [0.717, 1.165) is 5.69 Å². The Hall–Kier alpha value is -3.80. The molecule has 7 nitrogen and oxygen atoms in total. The number of rotatable bonds is 8. The zero-order valence-electron chi connectivity index (χ0n) is 18.2. The maximum atomic E-state index is 12.8. The van der Waals surface area contributed by atoms with Crippen LogP contribution < -0.4 is 10.1 Å². The van der Waals surface area contributed by atoms with Crippen molar-refractivity contribution in [1.29, 1.82) is 5.26 Å². The molecular formula is C25H20ClN5O2S. The highest BCUT2D eigenvalue weighted by molar-refractivity contribution is 8.00. The lowest BCUT2D eigenvalue weighted by Gasteiger charge is -2.15. The second kappa shape index (κ2) is 10.9. The predicted molar refractivity (Wildman–Crippen MR) is 132 cm³/mol. The Bertz CT molecular complexity index is 1340. The topological polar surface area (TPSA) is 92.8 Å². The number of thioether (sulfide) groups is 1. The van der Waals surface area contributed by atoms with Crippen molar-refractivity contribution in [3.05, 3.63) is 95.3 Å². The fourth-order valence-corrected chi connectivity index (χ4v) is 4.22. The van der Waals surface area contributed by atoms with Crippen molar-refractivity contribution in [2.75, 3.05) is 5.32 Å². The Morgan fingerprint density at radius 1 is 1.09 bits per heavy atom. The van der Waals surface area contributed by atoms with Gasteiger partial charge in [0.2, 0.25) is 5.91 Å². The number of aromatic nitrogens is 3. The number of para-hydroxylation sites is 3. The first-order chi connectivity index (χ1) is 16.6. The molecule has 0 aliphatic heterocycles. The third-order valence-electron chi connectivity index (χ3n) is 4.86. The number of benzene rings is 3. The summed E-state index contributed by atoms with van der Waals surface area (Å²) in [5.74, 6) is 0.866. The van der Waals surface area contributed by atoms with Crippen molar-refractivity contribution >= 4 is 35.0 Å². The van der Waals surface area contributed by atoms with Crippen LogP contribution >= 0.6 is 23.4 Å². The minimum Gasteiger partial charge on any atom is -0.484 e. The molecule has 0 radical (unpaired) electrons. The van der Waals surface area contributed by atoms with E-state index in [1.165, 1.54) is 11.8 Å². The van der Waals surface area contributed by atoms with Gasteiger partial charge in [-0.15, -0.1) is 10.2 Å². The van der Waals surface area contributed by atoms with Crippen LogP contribution in [-0.2, 0) is 11.4 Å². The van der Waals surface area contributed by atoms with Gasteiger partial charge in [0.25, 0.3) is 0 Å². The number of hydrogen-bond donors (Lipinski definition) is 1. The molecule has 34 heavy (non-hydrogen) atoms. The maximum absolute atomic E-state index is 12.8. The second-order valence-electron chi connectivity index (χ2n) is 7.20. The summed E-state index contributed by atoms with van der Waals surface area (Å²) in [4.78, 5) is 12.8. The minimum atomic E-state index is -0.504. The first-order valence-corrected chi connectivity index (χ1v) is 11.7. The third kappa shape index (κ3) is 5.39. The third-order valence-corrected chi connectivity index (χ3v) is 6.22. The number of nitriles is 1. The van der Waals surface area contributed by atoms with E-state index in [9.17, 15) is 10.1 Å². The van der Waals surface area contributed by atoms with E-state index >= 15 is 0 Å². The first-order valence-electron chi connectivity index (χ1n) is 10.4. The van der Waals surface area contributed by atoms with Gasteiger partial charge < -0.3 is 10.1 Å². The molecule has 0 bridgehead atoms. The lowest BCUT2D eigenvalue weighted by Crippen LogP contribution is -2.23. The second-order valence-corrected chi connectivity index (χ2v) is 8.91. The quantitative estimate of drug-likeness (QED) is 0.329. The van der Waals surface area contributed by atoms with Crippen LogP contribution in [-0.4, -0.2) is 25.9 Å². The average Bonchev–Trinajstić information content (AvgIpc) is 3.26. The molecule has 170 valence electrons. The molecule has 1 amide bonds. The van der Waals surface area contributed by atoms with Gasteiger partial charge in [0.05, 0.1) is 21.5 Å². The molecule has 4 aromatic rings. The highest BCUT2D eigenvalue weighted by Crippen LogP contribution is 2.28. The molecule has 1 N–H and O–H groups in total. The lowest BCUT2D eigenvalue weighted by atomic mass is 10.2. The number of hydrogen-bond acceptors (Lipinski definition) is 6. The van der Waals surface area contributed by atoms with Crippen LogP contribution in [0.5, 0.6) is 5.75 Å². The zero-order chi connectivity index (χ0) is 23.9. The standard InChI is InChI=1S/C25H20ClN5O2S/c1-17(24(32)28-21-13-7-5-9-18(21)15-27)34-25-30-29-23(31(25)19-10-3-2-4-11-19)16-33-22-14-8-6-12-20(22)26/h2-14,17H,16H2,1H3,(H,28,32). The van der Waals surface area contributed by atoms with E-state index < -0.39 is 5.25 Å². The summed E-state index contributed by atoms with van der Waals surface area (Å²) in [7, 11) is 0. The van der Waals surface area contributed by atoms with Crippen molar-refractivity contribution in [2.45, 2.75) is 23.9 Å². The molecule has 9 heteroatoms. The van der Waals surface area contributed by atoms with E-state index in [1.807, 2.05) is 47.0 Å². The molecule has 1 aromatic heterocycles. The van der Waals surface area contributed by atoms with Crippen LogP contribution in [0.1, 0.15) is 18.3 Å². The van der Waals surface area contributed by atoms with E-state index in [1.54, 1.807) is 43.3 Å². The van der Waals surface area contributed by atoms with Crippen LogP contribution in [0.3, 0.4) is 0 Å². The molecule has 0 fully saturated rings. The van der Waals surface area contributed by atoms with Gasteiger partial charge in [-0.2, -0.15) is 5.26 Å². The molecule has 1 unspecified atom stereocenters. The molecule has 3 aromatic carbocycles. The SMILES string of the molecule is CC(Sc1nnc(COc2ccccc2Cl)n1-c1ccccc1)C(=O)Nc1ccccc1C#N. The average molecular weight is 490 g/mol. The molecule has 4 rings (SSSR count). The first kappa shape index (κ1) is 23.4. The number of halogens is 1. The Morgan fingerprint density at radius 3 is 2.56 bits per heavy atom. The predicted octanol–water partition coefficient (Wildman–Crippen LogP) is 5.49. The molecule has 1 atom stereocenters. The van der Waals surface area contributed by atoms with Crippen molar-refractivity contribution in [3.8, 4) is 17.5 Å². The summed E-state index contributed by atoms with van der Waals surface area (Å²) < 4.78 is 7.74. The van der Waals surface area contributed by atoms with Crippen LogP contribution in [0.2, 0.25) is 5.02 Å². The lowest BCUT2D eigenvalue weighted by molar-refractivity contribution is -0.115. The molecule has 0 spiro atoms. The summed E-state index contributed by atoms with van der Waals surface area (Å²) in [6.07, 6.45) is 0. The highest BCUT2D eigenvalue weighted by atomic mass is 35.5. The van der Waals surface area contributed by atoms with Gasteiger partial charge in [-0.3, -0.25) is 9.36 Å². The fraction of sp³-hybridized carbons (Fsp3) is 0.120. The van der Waals surface area contributed by atoms with Crippen molar-refractivity contribution in [2.24, 2.45) is 0 Å². The summed E-state index contributed by atoms with van der Waals surface area (Å²) in [5.41, 5.74) is 1.72. The monoisotopic (exact) mass is 489 g/mol. The van der Waals surface area contributed by atoms with Gasteiger partial charge in [-0.05, 0) is 43.3 Å². The minimum absolute atomic E-state index is 0.141. The summed E-state index contributed by atoms with van der Waals surface area (Å²) >= 11 is 7.47. The Balaban J connectivity index is 1.56. The smallest absolute Gasteiger partial charge is 0.237 e. The number of carbonyl (C=O) groups is 1. The van der Waals surface area contributed by atoms with E-state index in [2.05, 4.69) is 21.6 Å². The number of carbonyl (C=O) groups excluding carboxylic acids is 1. The van der Waals surface area contributed by atoms with Crippen molar-refractivity contribution < 1.29 is 9.53 Å². The Labute approximate surface area is 206 Å². The largest absolute Gasteiger partial charge is 0.484 e. The molecule has 1 heterocycles. The van der Waals surface area contributed by atoms with Crippen LogP contribution in [0.25, 0.3) is 5.69 Å². The van der Waals surface area contributed by atoms with Crippen molar-refractivity contribution in [3.63, 3.8) is 0 Å². The van der Waals surface area contributed by atoms with Gasteiger partial charge in [-0.1, -0.05) is 65.8 Å². The normalized spacial score (nSPS) is 11.4. The van der Waals surface area contributed by atoms with Crippen LogP contribution in [0.15, 0.2) is 84.0 Å². The maximum Gasteiger partial charge on any atom is 0.237 e. The number of nitrogens with zero attached hydrogens (tertiary/aromatic N) is 4. The summed E-state index contributed by atoms with van der Waals surface area (Å²) in [6, 6.07) is 25.8. The van der Waals surface area contributed by atoms with Gasteiger partial charge in [0, 0.05) is 5.69 Å². The van der Waals surface area contributed by atoms with Gasteiger partial charge >= 0.3 is 0 Å². The number of anilines is 1. The van der Waals surface area contributed by atoms with E-state index in [4.69, 9.17) is 16.3 Å². The van der Waals surface area contributed by atoms with Crippen molar-refractivity contribution in [1.82, 2.24) is 14.8 Å². The van der Waals surface area contributed by atoms with Crippen LogP contribution in [0, 0.1) is 11.3 Å². The summed E-state index contributed by atoms with van der Waals surface area (Å²) in [5, 5.41) is 21.3. The number of nitrogens with one attached hydrogen (secondary N) is 1. The molecular weight excluding hydrogens is 470 g/mol. The molecule has 0 saturated carbocycles. The number of amides is 1. The Kier molecular flexibility index (Phi) is 7.48. The molecule has 0 saturated heterocycles. The van der Waals surface area contributed by atoms with Gasteiger partial charge in [-0.25, -0.2) is 0 Å². The van der Waals surface area contributed by atoms with Gasteiger partial charge in [0.15, 0.2) is 11.0 Å². The fourth-order valence-electron chi connectivity index (χ4n) is 3.15. The zero-order valence-corrected chi connectivity index (χ0v) is 19.8. The molecule has 0 aliphatic rings.